The van der Waals surface area contributed by atoms with Gasteiger partial charge < -0.3 is 15.6 Å². The number of β-amino-alcohol motifs (C(OH)–C–C–N with tert-alkyl or cyclic N) is 1. The lowest BCUT2D eigenvalue weighted by Gasteiger charge is -2.36. The van der Waals surface area contributed by atoms with Crippen molar-refractivity contribution in [3.8, 4) is 5.75 Å². The minimum atomic E-state index is -1.39. The number of carbonyl (C=O) groups is 1. The Morgan fingerprint density at radius 2 is 2.33 bits per heavy atom. The fourth-order valence-corrected chi connectivity index (χ4v) is 2.66. The average Bonchev–Trinajstić information content (AvgIpc) is 2.47. The van der Waals surface area contributed by atoms with Crippen LogP contribution in [0.2, 0.25) is 0 Å². The van der Waals surface area contributed by atoms with Crippen molar-refractivity contribution >= 4 is 5.91 Å². The molecule has 0 spiro atoms. The lowest BCUT2D eigenvalue weighted by molar-refractivity contribution is -0.142. The van der Waals surface area contributed by atoms with Crippen LogP contribution in [0.15, 0.2) is 24.3 Å². The standard InChI is InChI=1S/C16H24N2O3/c1-2-13-5-3-6-14(11-13)21-10-9-18-8-4-7-16(20,12-18)15(17)19/h3,5-6,11,20H,2,4,7-10,12H2,1H3,(H2,17,19)/t16-/m0/s1. The maximum absolute atomic E-state index is 11.3. The van der Waals surface area contributed by atoms with Crippen molar-refractivity contribution < 1.29 is 14.6 Å². The summed E-state index contributed by atoms with van der Waals surface area (Å²) in [7, 11) is 0. The summed E-state index contributed by atoms with van der Waals surface area (Å²) in [5.74, 6) is 0.222. The molecule has 1 aromatic carbocycles. The van der Waals surface area contributed by atoms with Gasteiger partial charge in [0, 0.05) is 13.1 Å². The first-order chi connectivity index (χ1) is 10.0. The number of rotatable bonds is 6. The Balaban J connectivity index is 1.81. The first kappa shape index (κ1) is 15.8. The topological polar surface area (TPSA) is 75.8 Å². The van der Waals surface area contributed by atoms with E-state index in [0.717, 1.165) is 25.1 Å². The van der Waals surface area contributed by atoms with Crippen LogP contribution < -0.4 is 10.5 Å². The van der Waals surface area contributed by atoms with Crippen LogP contribution in [0.1, 0.15) is 25.3 Å². The number of hydrogen-bond donors (Lipinski definition) is 2. The maximum Gasteiger partial charge on any atom is 0.250 e. The molecule has 0 bridgehead atoms. The van der Waals surface area contributed by atoms with E-state index < -0.39 is 11.5 Å². The Bertz CT molecular complexity index is 492. The molecule has 1 aliphatic rings. The number of carbonyl (C=O) groups excluding carboxylic acids is 1. The Kier molecular flexibility index (Phi) is 5.20. The monoisotopic (exact) mass is 292 g/mol. The molecular weight excluding hydrogens is 268 g/mol. The largest absolute Gasteiger partial charge is 0.492 e. The molecule has 1 amide bonds. The Labute approximate surface area is 125 Å². The molecule has 1 aliphatic heterocycles. The van der Waals surface area contributed by atoms with Gasteiger partial charge in [0.25, 0.3) is 5.91 Å². The van der Waals surface area contributed by atoms with Crippen molar-refractivity contribution in [1.82, 2.24) is 4.90 Å². The highest BCUT2D eigenvalue weighted by Crippen LogP contribution is 2.20. The van der Waals surface area contributed by atoms with Gasteiger partial charge in [0.15, 0.2) is 5.60 Å². The molecule has 5 nitrogen and oxygen atoms in total. The summed E-state index contributed by atoms with van der Waals surface area (Å²) in [4.78, 5) is 13.3. The predicted octanol–water partition coefficient (Wildman–Crippen LogP) is 0.940. The van der Waals surface area contributed by atoms with Crippen LogP contribution in [0, 0.1) is 0 Å². The Hall–Kier alpha value is -1.59. The summed E-state index contributed by atoms with van der Waals surface area (Å²) in [6, 6.07) is 8.04. The number of aliphatic hydroxyl groups is 1. The third kappa shape index (κ3) is 4.19. The van der Waals surface area contributed by atoms with Crippen LogP contribution in [-0.2, 0) is 11.2 Å². The summed E-state index contributed by atoms with van der Waals surface area (Å²) < 4.78 is 5.74. The molecule has 116 valence electrons. The second kappa shape index (κ2) is 6.91. The van der Waals surface area contributed by atoms with E-state index in [1.807, 2.05) is 23.1 Å². The molecule has 1 atom stereocenters. The molecule has 5 heteroatoms. The molecule has 0 saturated carbocycles. The van der Waals surface area contributed by atoms with Gasteiger partial charge in [0.2, 0.25) is 0 Å². The zero-order chi connectivity index (χ0) is 15.3. The normalized spacial score (nSPS) is 23.0. The van der Waals surface area contributed by atoms with Gasteiger partial charge >= 0.3 is 0 Å². The molecule has 1 saturated heterocycles. The molecular formula is C16H24N2O3. The zero-order valence-electron chi connectivity index (χ0n) is 12.5. The van der Waals surface area contributed by atoms with Gasteiger partial charge in [-0.2, -0.15) is 0 Å². The lowest BCUT2D eigenvalue weighted by atomic mass is 9.92. The molecule has 3 N–H and O–H groups in total. The third-order valence-corrected chi connectivity index (χ3v) is 3.99. The molecule has 0 unspecified atom stereocenters. The first-order valence-electron chi connectivity index (χ1n) is 7.50. The molecule has 2 rings (SSSR count). The van der Waals surface area contributed by atoms with Crippen LogP contribution >= 0.6 is 0 Å². The van der Waals surface area contributed by atoms with Gasteiger partial charge in [-0.15, -0.1) is 0 Å². The number of piperidine rings is 1. The summed E-state index contributed by atoms with van der Waals surface area (Å²) in [6.07, 6.45) is 2.19. The Morgan fingerprint density at radius 1 is 1.52 bits per heavy atom. The van der Waals surface area contributed by atoms with E-state index in [-0.39, 0.29) is 0 Å². The number of primary amides is 1. The zero-order valence-corrected chi connectivity index (χ0v) is 12.5. The van der Waals surface area contributed by atoms with Crippen molar-refractivity contribution in [2.45, 2.75) is 31.8 Å². The van der Waals surface area contributed by atoms with Crippen LogP contribution in [0.25, 0.3) is 0 Å². The van der Waals surface area contributed by atoms with Crippen LogP contribution in [0.5, 0.6) is 5.75 Å². The smallest absolute Gasteiger partial charge is 0.250 e. The average molecular weight is 292 g/mol. The molecule has 1 aromatic rings. The van der Waals surface area contributed by atoms with Crippen molar-refractivity contribution in [3.05, 3.63) is 29.8 Å². The molecule has 0 aromatic heterocycles. The van der Waals surface area contributed by atoms with Crippen LogP contribution in [-0.4, -0.2) is 47.8 Å². The fraction of sp³-hybridized carbons (Fsp3) is 0.562. The van der Waals surface area contributed by atoms with Gasteiger partial charge in [-0.25, -0.2) is 0 Å². The molecule has 1 heterocycles. The van der Waals surface area contributed by atoms with Crippen molar-refractivity contribution in [2.75, 3.05) is 26.2 Å². The summed E-state index contributed by atoms with van der Waals surface area (Å²) in [5.41, 5.74) is 5.12. The number of likely N-dealkylation sites (tertiary alicyclic amines) is 1. The van der Waals surface area contributed by atoms with E-state index in [1.165, 1.54) is 5.56 Å². The Morgan fingerprint density at radius 3 is 3.05 bits per heavy atom. The molecule has 21 heavy (non-hydrogen) atoms. The van der Waals surface area contributed by atoms with E-state index in [2.05, 4.69) is 13.0 Å². The van der Waals surface area contributed by atoms with Crippen molar-refractivity contribution in [3.63, 3.8) is 0 Å². The maximum atomic E-state index is 11.3. The minimum Gasteiger partial charge on any atom is -0.492 e. The number of nitrogens with zero attached hydrogens (tertiary/aromatic N) is 1. The predicted molar refractivity (Wildman–Crippen MR) is 81.1 cm³/mol. The van der Waals surface area contributed by atoms with Gasteiger partial charge in [-0.3, -0.25) is 9.69 Å². The van der Waals surface area contributed by atoms with Crippen LogP contribution in [0.4, 0.5) is 0 Å². The van der Waals surface area contributed by atoms with Gasteiger partial charge in [-0.1, -0.05) is 19.1 Å². The lowest BCUT2D eigenvalue weighted by Crippen LogP contribution is -2.56. The number of ether oxygens (including phenoxy) is 1. The van der Waals surface area contributed by atoms with Gasteiger partial charge in [0.05, 0.1) is 0 Å². The van der Waals surface area contributed by atoms with E-state index in [0.29, 0.717) is 26.1 Å². The summed E-state index contributed by atoms with van der Waals surface area (Å²) in [6.45, 7) is 4.46. The third-order valence-electron chi connectivity index (χ3n) is 3.99. The number of aryl methyl sites for hydroxylation is 1. The fourth-order valence-electron chi connectivity index (χ4n) is 2.66. The van der Waals surface area contributed by atoms with E-state index >= 15 is 0 Å². The number of nitrogens with two attached hydrogens (primary N) is 1. The van der Waals surface area contributed by atoms with Crippen molar-refractivity contribution in [2.24, 2.45) is 5.73 Å². The molecule has 0 aliphatic carbocycles. The first-order valence-corrected chi connectivity index (χ1v) is 7.50. The SMILES string of the molecule is CCc1cccc(OCCN2CCC[C@@](O)(C(N)=O)C2)c1. The second-order valence-corrected chi connectivity index (χ2v) is 5.62. The highest BCUT2D eigenvalue weighted by molar-refractivity contribution is 5.83. The van der Waals surface area contributed by atoms with E-state index in [4.69, 9.17) is 10.5 Å². The summed E-state index contributed by atoms with van der Waals surface area (Å²) >= 11 is 0. The molecule has 0 radical (unpaired) electrons. The minimum absolute atomic E-state index is 0.292. The second-order valence-electron chi connectivity index (χ2n) is 5.62. The highest BCUT2D eigenvalue weighted by atomic mass is 16.5. The van der Waals surface area contributed by atoms with Gasteiger partial charge in [-0.05, 0) is 43.5 Å². The highest BCUT2D eigenvalue weighted by Gasteiger charge is 2.38. The molecule has 1 fully saturated rings. The van der Waals surface area contributed by atoms with Gasteiger partial charge in [0.1, 0.15) is 12.4 Å². The van der Waals surface area contributed by atoms with E-state index in [9.17, 15) is 9.90 Å². The van der Waals surface area contributed by atoms with Crippen molar-refractivity contribution in [1.29, 1.82) is 0 Å². The number of amides is 1. The quantitative estimate of drug-likeness (QED) is 0.818. The van der Waals surface area contributed by atoms with E-state index in [1.54, 1.807) is 0 Å². The number of benzene rings is 1. The number of hydrogen-bond acceptors (Lipinski definition) is 4. The summed E-state index contributed by atoms with van der Waals surface area (Å²) in [5, 5.41) is 10.1. The van der Waals surface area contributed by atoms with Crippen LogP contribution in [0.3, 0.4) is 0 Å².